The first kappa shape index (κ1) is 19.6. The van der Waals surface area contributed by atoms with Crippen LogP contribution in [0.1, 0.15) is 17.3 Å². The number of amides is 2. The van der Waals surface area contributed by atoms with Gasteiger partial charge < -0.3 is 20.3 Å². The lowest BCUT2D eigenvalue weighted by Crippen LogP contribution is -2.36. The second-order valence-corrected chi connectivity index (χ2v) is 6.90. The van der Waals surface area contributed by atoms with Crippen LogP contribution in [-0.4, -0.2) is 53.4 Å². The number of hydrogen-bond donors (Lipinski definition) is 2. The van der Waals surface area contributed by atoms with Gasteiger partial charge in [0.05, 0.1) is 30.7 Å². The van der Waals surface area contributed by atoms with Crippen LogP contribution in [0.5, 0.6) is 5.75 Å². The molecule has 0 spiro atoms. The summed E-state index contributed by atoms with van der Waals surface area (Å²) in [6.07, 6.45) is 1.63. The molecule has 0 bridgehead atoms. The van der Waals surface area contributed by atoms with Crippen molar-refractivity contribution in [1.82, 2.24) is 25.0 Å². The molecule has 3 aromatic rings. The van der Waals surface area contributed by atoms with Gasteiger partial charge in [-0.05, 0) is 44.8 Å². The van der Waals surface area contributed by atoms with Crippen molar-refractivity contribution in [2.45, 2.75) is 13.0 Å². The van der Waals surface area contributed by atoms with Crippen LogP contribution in [0.15, 0.2) is 36.5 Å². The first-order valence-electron chi connectivity index (χ1n) is 9.03. The van der Waals surface area contributed by atoms with E-state index >= 15 is 0 Å². The van der Waals surface area contributed by atoms with Crippen molar-refractivity contribution in [2.75, 3.05) is 33.1 Å². The summed E-state index contributed by atoms with van der Waals surface area (Å²) in [6.45, 7) is 2.37. The van der Waals surface area contributed by atoms with E-state index in [0.717, 1.165) is 28.0 Å². The maximum Gasteiger partial charge on any atom is 0.319 e. The maximum atomic E-state index is 12.4. The summed E-state index contributed by atoms with van der Waals surface area (Å²) >= 11 is 0. The number of ether oxygens (including phenoxy) is 1. The quantitative estimate of drug-likeness (QED) is 0.685. The number of fused-ring (bicyclic) bond motifs is 1. The predicted molar refractivity (Wildman–Crippen MR) is 110 cm³/mol. The topological polar surface area (TPSA) is 84.3 Å². The van der Waals surface area contributed by atoms with Crippen molar-refractivity contribution in [3.8, 4) is 5.75 Å². The van der Waals surface area contributed by atoms with Gasteiger partial charge in [-0.3, -0.25) is 4.68 Å². The number of carbonyl (C=O) groups is 1. The van der Waals surface area contributed by atoms with Gasteiger partial charge in [0.15, 0.2) is 5.65 Å². The minimum atomic E-state index is -0.280. The van der Waals surface area contributed by atoms with E-state index in [1.165, 1.54) is 0 Å². The number of hydrogen-bond acceptors (Lipinski definition) is 5. The second kappa shape index (κ2) is 8.26. The number of nitrogens with one attached hydrogen (secondary N) is 2. The van der Waals surface area contributed by atoms with Crippen molar-refractivity contribution >= 4 is 22.8 Å². The molecular formula is C20H26N6O2. The second-order valence-electron chi connectivity index (χ2n) is 6.90. The lowest BCUT2D eigenvalue weighted by molar-refractivity contribution is 0.243. The van der Waals surface area contributed by atoms with Gasteiger partial charge >= 0.3 is 6.03 Å². The third-order valence-corrected chi connectivity index (χ3v) is 4.68. The lowest BCUT2D eigenvalue weighted by Gasteiger charge is -2.25. The molecule has 1 aromatic carbocycles. The molecule has 28 heavy (non-hydrogen) atoms. The van der Waals surface area contributed by atoms with E-state index in [4.69, 9.17) is 4.74 Å². The van der Waals surface area contributed by atoms with E-state index in [0.29, 0.717) is 12.2 Å². The fourth-order valence-corrected chi connectivity index (χ4v) is 3.19. The summed E-state index contributed by atoms with van der Waals surface area (Å²) in [5.74, 6) is 0.792. The molecule has 0 aliphatic heterocycles. The average molecular weight is 382 g/mol. The van der Waals surface area contributed by atoms with Crippen LogP contribution < -0.4 is 15.4 Å². The molecule has 0 fully saturated rings. The molecule has 0 radical (unpaired) electrons. The summed E-state index contributed by atoms with van der Waals surface area (Å²) < 4.78 is 7.03. The van der Waals surface area contributed by atoms with Gasteiger partial charge in [-0.2, -0.15) is 5.10 Å². The van der Waals surface area contributed by atoms with E-state index in [1.807, 2.05) is 58.4 Å². The molecule has 1 atom stereocenters. The molecule has 148 valence electrons. The third kappa shape index (κ3) is 4.23. The van der Waals surface area contributed by atoms with Crippen LogP contribution in [0.3, 0.4) is 0 Å². The number of rotatable bonds is 6. The van der Waals surface area contributed by atoms with E-state index in [2.05, 4.69) is 25.6 Å². The van der Waals surface area contributed by atoms with Crippen LogP contribution >= 0.6 is 0 Å². The van der Waals surface area contributed by atoms with Crippen molar-refractivity contribution in [2.24, 2.45) is 7.05 Å². The Morgan fingerprint density at radius 2 is 2.11 bits per heavy atom. The van der Waals surface area contributed by atoms with Crippen LogP contribution in [-0.2, 0) is 7.05 Å². The molecule has 2 amide bonds. The summed E-state index contributed by atoms with van der Waals surface area (Å²) in [6, 6.07) is 9.47. The summed E-state index contributed by atoms with van der Waals surface area (Å²) in [5.41, 5.74) is 3.36. The van der Waals surface area contributed by atoms with Gasteiger partial charge in [0.2, 0.25) is 0 Å². The van der Waals surface area contributed by atoms with Gasteiger partial charge in [0.1, 0.15) is 5.75 Å². The smallest absolute Gasteiger partial charge is 0.319 e. The lowest BCUT2D eigenvalue weighted by atomic mass is 10.1. The number of nitrogens with zero attached hydrogens (tertiary/aromatic N) is 4. The summed E-state index contributed by atoms with van der Waals surface area (Å²) in [7, 11) is 7.45. The van der Waals surface area contributed by atoms with Crippen LogP contribution in [0.4, 0.5) is 10.5 Å². The Balaban J connectivity index is 1.67. The molecule has 8 heteroatoms. The SMILES string of the molecule is COc1cccc(C(CNC(=O)Nc2cnc3c(c2)c(C)nn3C)N(C)C)c1. The Hall–Kier alpha value is -3.13. The number of carbonyl (C=O) groups excluding carboxylic acids is 1. The molecule has 0 aliphatic rings. The molecule has 1 unspecified atom stereocenters. The third-order valence-electron chi connectivity index (χ3n) is 4.68. The minimum absolute atomic E-state index is 0.0158. The molecule has 8 nitrogen and oxygen atoms in total. The van der Waals surface area contributed by atoms with Crippen molar-refractivity contribution < 1.29 is 9.53 Å². The molecule has 0 aliphatic carbocycles. The number of pyridine rings is 1. The van der Waals surface area contributed by atoms with E-state index in [-0.39, 0.29) is 12.1 Å². The van der Waals surface area contributed by atoms with Gasteiger partial charge in [-0.15, -0.1) is 0 Å². The Bertz CT molecular complexity index is 982. The van der Waals surface area contributed by atoms with Gasteiger partial charge in [0.25, 0.3) is 0 Å². The van der Waals surface area contributed by atoms with Gasteiger partial charge in [0, 0.05) is 19.0 Å². The summed E-state index contributed by atoms with van der Waals surface area (Å²) in [4.78, 5) is 18.8. The van der Waals surface area contributed by atoms with E-state index < -0.39 is 0 Å². The predicted octanol–water partition coefficient (Wildman–Crippen LogP) is 2.71. The monoisotopic (exact) mass is 382 g/mol. The molecule has 2 aromatic heterocycles. The van der Waals surface area contributed by atoms with Crippen LogP contribution in [0.25, 0.3) is 11.0 Å². The zero-order chi connectivity index (χ0) is 20.3. The van der Waals surface area contributed by atoms with Crippen molar-refractivity contribution in [3.05, 3.63) is 47.8 Å². The van der Waals surface area contributed by atoms with Crippen LogP contribution in [0, 0.1) is 6.92 Å². The van der Waals surface area contributed by atoms with E-state index in [9.17, 15) is 4.79 Å². The molecule has 2 heterocycles. The highest BCUT2D eigenvalue weighted by Crippen LogP contribution is 2.22. The number of urea groups is 1. The van der Waals surface area contributed by atoms with Gasteiger partial charge in [-0.1, -0.05) is 12.1 Å². The van der Waals surface area contributed by atoms with Gasteiger partial charge in [-0.25, -0.2) is 9.78 Å². The van der Waals surface area contributed by atoms with Crippen molar-refractivity contribution in [3.63, 3.8) is 0 Å². The highest BCUT2D eigenvalue weighted by atomic mass is 16.5. The standard InChI is InChI=1S/C20H26N6O2/c1-13-17-10-15(11-21-19(17)26(4)24-13)23-20(27)22-12-18(25(2)3)14-7-6-8-16(9-14)28-5/h6-11,18H,12H2,1-5H3,(H2,22,23,27). The average Bonchev–Trinajstić information content (AvgIpc) is 2.95. The first-order chi connectivity index (χ1) is 13.4. The number of benzene rings is 1. The van der Waals surface area contributed by atoms with Crippen LogP contribution in [0.2, 0.25) is 0 Å². The zero-order valence-corrected chi connectivity index (χ0v) is 16.9. The number of aromatic nitrogens is 3. The largest absolute Gasteiger partial charge is 0.497 e. The molecule has 3 rings (SSSR count). The fourth-order valence-electron chi connectivity index (χ4n) is 3.19. The Kier molecular flexibility index (Phi) is 5.79. The van der Waals surface area contributed by atoms with E-state index in [1.54, 1.807) is 18.0 Å². The maximum absolute atomic E-state index is 12.4. The number of anilines is 1. The number of methoxy groups -OCH3 is 1. The molecular weight excluding hydrogens is 356 g/mol. The fraction of sp³-hybridized carbons (Fsp3) is 0.350. The Morgan fingerprint density at radius 3 is 2.82 bits per heavy atom. The normalized spacial score (nSPS) is 12.2. The minimum Gasteiger partial charge on any atom is -0.497 e. The number of likely N-dealkylation sites (N-methyl/N-ethyl adjacent to an activating group) is 1. The zero-order valence-electron chi connectivity index (χ0n) is 16.9. The first-order valence-corrected chi connectivity index (χ1v) is 9.03. The molecule has 0 saturated heterocycles. The highest BCUT2D eigenvalue weighted by molar-refractivity contribution is 5.92. The van der Waals surface area contributed by atoms with Crippen molar-refractivity contribution in [1.29, 1.82) is 0 Å². The Morgan fingerprint density at radius 1 is 1.32 bits per heavy atom. The molecule has 2 N–H and O–H groups in total. The Labute approximate surface area is 164 Å². The summed E-state index contributed by atoms with van der Waals surface area (Å²) in [5, 5.41) is 11.0. The number of aryl methyl sites for hydroxylation is 2. The molecule has 0 saturated carbocycles. The highest BCUT2D eigenvalue weighted by Gasteiger charge is 2.16.